The largest absolute Gasteiger partial charge is 0.369 e. The third-order valence-corrected chi connectivity index (χ3v) is 5.86. The van der Waals surface area contributed by atoms with Crippen molar-refractivity contribution < 1.29 is 0 Å². The van der Waals surface area contributed by atoms with Crippen LogP contribution in [0.5, 0.6) is 0 Å². The smallest absolute Gasteiger partial charge is 0.0399 e. The average Bonchev–Trinajstić information content (AvgIpc) is 2.63. The van der Waals surface area contributed by atoms with Gasteiger partial charge in [0.05, 0.1) is 0 Å². The summed E-state index contributed by atoms with van der Waals surface area (Å²) in [6.45, 7) is 9.13. The Bertz CT molecular complexity index is 714. The van der Waals surface area contributed by atoms with Gasteiger partial charge in [-0.15, -0.1) is 0 Å². The Kier molecular flexibility index (Phi) is 4.32. The molecule has 126 valence electrons. The van der Waals surface area contributed by atoms with E-state index in [9.17, 15) is 0 Å². The molecule has 1 atom stereocenters. The van der Waals surface area contributed by atoms with Crippen molar-refractivity contribution in [1.82, 2.24) is 4.90 Å². The highest BCUT2D eigenvalue weighted by Gasteiger charge is 2.27. The Hall–Kier alpha value is -1.80. The van der Waals surface area contributed by atoms with E-state index in [0.717, 1.165) is 19.1 Å². The van der Waals surface area contributed by atoms with Crippen molar-refractivity contribution in [2.75, 3.05) is 31.1 Å². The van der Waals surface area contributed by atoms with Gasteiger partial charge in [-0.3, -0.25) is 4.90 Å². The first-order valence-electron chi connectivity index (χ1n) is 9.34. The molecule has 1 aliphatic carbocycles. The van der Waals surface area contributed by atoms with E-state index in [1.54, 1.807) is 11.1 Å². The van der Waals surface area contributed by atoms with Crippen molar-refractivity contribution in [3.63, 3.8) is 0 Å². The quantitative estimate of drug-likeness (QED) is 0.826. The maximum Gasteiger partial charge on any atom is 0.0399 e. The highest BCUT2D eigenvalue weighted by atomic mass is 15.3. The van der Waals surface area contributed by atoms with Crippen LogP contribution in [0.15, 0.2) is 42.5 Å². The first kappa shape index (κ1) is 15.7. The molecule has 1 heterocycles. The maximum atomic E-state index is 2.73. The van der Waals surface area contributed by atoms with Crippen LogP contribution in [0.4, 0.5) is 5.69 Å². The molecule has 0 bridgehead atoms. The van der Waals surface area contributed by atoms with E-state index in [1.807, 2.05) is 0 Å². The normalized spacial score (nSPS) is 21.6. The van der Waals surface area contributed by atoms with E-state index < -0.39 is 0 Å². The fourth-order valence-corrected chi connectivity index (χ4v) is 4.38. The summed E-state index contributed by atoms with van der Waals surface area (Å²) in [5.74, 6) is 0. The van der Waals surface area contributed by atoms with E-state index in [0.29, 0.717) is 0 Å². The summed E-state index contributed by atoms with van der Waals surface area (Å²) < 4.78 is 0. The van der Waals surface area contributed by atoms with Crippen molar-refractivity contribution >= 4 is 5.69 Å². The Labute approximate surface area is 146 Å². The van der Waals surface area contributed by atoms with Crippen molar-refractivity contribution in [1.29, 1.82) is 0 Å². The van der Waals surface area contributed by atoms with Crippen LogP contribution >= 0.6 is 0 Å². The van der Waals surface area contributed by atoms with Crippen LogP contribution in [0, 0.1) is 13.8 Å². The monoisotopic (exact) mass is 320 g/mol. The lowest BCUT2D eigenvalue weighted by molar-refractivity contribution is 0.170. The van der Waals surface area contributed by atoms with Gasteiger partial charge in [0.25, 0.3) is 0 Å². The summed E-state index contributed by atoms with van der Waals surface area (Å²) in [6.07, 6.45) is 3.80. The molecule has 24 heavy (non-hydrogen) atoms. The van der Waals surface area contributed by atoms with Gasteiger partial charge in [0, 0.05) is 37.9 Å². The molecule has 2 aliphatic rings. The number of benzene rings is 2. The van der Waals surface area contributed by atoms with Crippen molar-refractivity contribution in [2.45, 2.75) is 39.2 Å². The molecule has 1 saturated heterocycles. The van der Waals surface area contributed by atoms with Crippen LogP contribution < -0.4 is 4.90 Å². The van der Waals surface area contributed by atoms with Crippen LogP contribution in [0.2, 0.25) is 0 Å². The fourth-order valence-electron chi connectivity index (χ4n) is 4.38. The molecule has 0 saturated carbocycles. The molecule has 1 aliphatic heterocycles. The molecule has 0 radical (unpaired) electrons. The molecule has 2 aromatic carbocycles. The summed E-state index contributed by atoms with van der Waals surface area (Å²) in [6, 6.07) is 16.6. The molecule has 0 N–H and O–H groups in total. The van der Waals surface area contributed by atoms with Crippen LogP contribution in [-0.2, 0) is 12.8 Å². The summed E-state index contributed by atoms with van der Waals surface area (Å²) in [7, 11) is 0. The van der Waals surface area contributed by atoms with E-state index in [-0.39, 0.29) is 0 Å². The van der Waals surface area contributed by atoms with Crippen LogP contribution in [0.1, 0.15) is 28.7 Å². The summed E-state index contributed by atoms with van der Waals surface area (Å²) in [4.78, 5) is 5.31. The Morgan fingerprint density at radius 2 is 1.62 bits per heavy atom. The number of nitrogens with zero attached hydrogens (tertiary/aromatic N) is 2. The lowest BCUT2D eigenvalue weighted by atomic mass is 9.87. The molecule has 4 rings (SSSR count). The maximum absolute atomic E-state index is 2.73. The second kappa shape index (κ2) is 6.60. The van der Waals surface area contributed by atoms with Crippen molar-refractivity contribution in [3.05, 3.63) is 64.7 Å². The summed E-state index contributed by atoms with van der Waals surface area (Å²) in [5, 5.41) is 0. The SMILES string of the molecule is Cc1ccc(C)c(N2CCN([C@@H]3CCc4ccccc4C3)CC2)c1. The number of piperazine rings is 1. The van der Waals surface area contributed by atoms with Gasteiger partial charge in [-0.25, -0.2) is 0 Å². The second-order valence-electron chi connectivity index (χ2n) is 7.48. The van der Waals surface area contributed by atoms with E-state index in [1.165, 1.54) is 49.2 Å². The van der Waals surface area contributed by atoms with Crippen LogP contribution in [0.3, 0.4) is 0 Å². The molecule has 0 unspecified atom stereocenters. The number of rotatable bonds is 2. The number of hydrogen-bond acceptors (Lipinski definition) is 2. The molecular weight excluding hydrogens is 292 g/mol. The zero-order valence-corrected chi connectivity index (χ0v) is 15.0. The first-order valence-corrected chi connectivity index (χ1v) is 9.34. The average molecular weight is 320 g/mol. The van der Waals surface area contributed by atoms with Gasteiger partial charge in [0.1, 0.15) is 0 Å². The minimum atomic E-state index is 0.737. The Morgan fingerprint density at radius 3 is 2.42 bits per heavy atom. The van der Waals surface area contributed by atoms with Gasteiger partial charge >= 0.3 is 0 Å². The van der Waals surface area contributed by atoms with Crippen LogP contribution in [0.25, 0.3) is 0 Å². The topological polar surface area (TPSA) is 6.48 Å². The second-order valence-corrected chi connectivity index (χ2v) is 7.48. The van der Waals surface area contributed by atoms with Gasteiger partial charge < -0.3 is 4.90 Å². The Morgan fingerprint density at radius 1 is 0.875 bits per heavy atom. The van der Waals surface area contributed by atoms with Gasteiger partial charge in [-0.1, -0.05) is 36.4 Å². The molecule has 1 fully saturated rings. The Balaban J connectivity index is 1.41. The molecular formula is C22H28N2. The van der Waals surface area contributed by atoms with Crippen molar-refractivity contribution in [3.8, 4) is 0 Å². The molecule has 0 aromatic heterocycles. The minimum Gasteiger partial charge on any atom is -0.369 e. The van der Waals surface area contributed by atoms with Gasteiger partial charge in [0.2, 0.25) is 0 Å². The van der Waals surface area contributed by atoms with E-state index >= 15 is 0 Å². The number of fused-ring (bicyclic) bond motifs is 1. The van der Waals surface area contributed by atoms with Gasteiger partial charge in [0.15, 0.2) is 0 Å². The summed E-state index contributed by atoms with van der Waals surface area (Å²) >= 11 is 0. The standard InChI is InChI=1S/C22H28N2/c1-17-7-8-18(2)22(15-17)24-13-11-23(12-14-24)21-10-9-19-5-3-4-6-20(19)16-21/h3-8,15,21H,9-14,16H2,1-2H3/t21-/m1/s1. The lowest BCUT2D eigenvalue weighted by Gasteiger charge is -2.42. The number of hydrogen-bond donors (Lipinski definition) is 0. The molecule has 2 nitrogen and oxygen atoms in total. The zero-order chi connectivity index (χ0) is 16.5. The molecule has 0 amide bonds. The van der Waals surface area contributed by atoms with Crippen LogP contribution in [-0.4, -0.2) is 37.1 Å². The number of anilines is 1. The summed E-state index contributed by atoms with van der Waals surface area (Å²) in [5.41, 5.74) is 7.35. The van der Waals surface area contributed by atoms with E-state index in [2.05, 4.69) is 66.1 Å². The lowest BCUT2D eigenvalue weighted by Crippen LogP contribution is -2.51. The third-order valence-electron chi connectivity index (χ3n) is 5.86. The molecule has 2 aromatic rings. The fraction of sp³-hybridized carbons (Fsp3) is 0.455. The van der Waals surface area contributed by atoms with Gasteiger partial charge in [-0.2, -0.15) is 0 Å². The number of aryl methyl sites for hydroxylation is 3. The van der Waals surface area contributed by atoms with Gasteiger partial charge in [-0.05, 0) is 61.4 Å². The first-order chi connectivity index (χ1) is 11.7. The molecule has 2 heteroatoms. The third kappa shape index (κ3) is 3.08. The van der Waals surface area contributed by atoms with E-state index in [4.69, 9.17) is 0 Å². The predicted octanol–water partition coefficient (Wildman–Crippen LogP) is 3.98. The predicted molar refractivity (Wildman–Crippen MR) is 102 cm³/mol. The zero-order valence-electron chi connectivity index (χ0n) is 15.0. The highest BCUT2D eigenvalue weighted by molar-refractivity contribution is 5.55. The minimum absolute atomic E-state index is 0.737. The highest BCUT2D eigenvalue weighted by Crippen LogP contribution is 2.27. The van der Waals surface area contributed by atoms with Crippen molar-refractivity contribution in [2.24, 2.45) is 0 Å². The molecule has 0 spiro atoms.